The maximum atomic E-state index is 9.86. The third-order valence-electron chi connectivity index (χ3n) is 4.90. The molecule has 1 saturated carbocycles. The van der Waals surface area contributed by atoms with Crippen LogP contribution in [0.3, 0.4) is 0 Å². The molecule has 1 aromatic carbocycles. The molecule has 3 unspecified atom stereocenters. The Morgan fingerprint density at radius 3 is 2.85 bits per heavy atom. The molecule has 1 fully saturated rings. The average Bonchev–Trinajstić information content (AvgIpc) is 2.61. The molecular weight excluding hydrogens is 270 g/mol. The highest BCUT2D eigenvalue weighted by molar-refractivity contribution is 6.30. The van der Waals surface area contributed by atoms with E-state index in [1.807, 2.05) is 6.07 Å². The van der Waals surface area contributed by atoms with Crippen LogP contribution < -0.4 is 5.32 Å². The van der Waals surface area contributed by atoms with Gasteiger partial charge in [0.1, 0.15) is 0 Å². The summed E-state index contributed by atoms with van der Waals surface area (Å²) in [5.41, 5.74) is 2.96. The van der Waals surface area contributed by atoms with E-state index in [1.165, 1.54) is 17.5 Å². The van der Waals surface area contributed by atoms with Crippen molar-refractivity contribution >= 4 is 11.6 Å². The van der Waals surface area contributed by atoms with Crippen molar-refractivity contribution in [1.82, 2.24) is 5.32 Å². The monoisotopic (exact) mass is 293 g/mol. The zero-order valence-electron chi connectivity index (χ0n) is 12.3. The molecule has 0 saturated heterocycles. The second-order valence-corrected chi connectivity index (χ2v) is 7.56. The van der Waals surface area contributed by atoms with E-state index in [-0.39, 0.29) is 11.5 Å². The highest BCUT2D eigenvalue weighted by Crippen LogP contribution is 2.46. The number of benzene rings is 1. The van der Waals surface area contributed by atoms with Crippen molar-refractivity contribution in [2.45, 2.75) is 64.1 Å². The van der Waals surface area contributed by atoms with E-state index in [1.54, 1.807) is 0 Å². The van der Waals surface area contributed by atoms with E-state index >= 15 is 0 Å². The molecule has 110 valence electrons. The van der Waals surface area contributed by atoms with E-state index in [0.717, 1.165) is 30.7 Å². The van der Waals surface area contributed by atoms with E-state index in [4.69, 9.17) is 11.6 Å². The fraction of sp³-hybridized carbons (Fsp3) is 0.647. The van der Waals surface area contributed by atoms with Crippen LogP contribution in [-0.4, -0.2) is 17.3 Å². The van der Waals surface area contributed by atoms with E-state index in [0.29, 0.717) is 12.1 Å². The van der Waals surface area contributed by atoms with Crippen LogP contribution in [0.5, 0.6) is 0 Å². The fourth-order valence-electron chi connectivity index (χ4n) is 3.88. The molecule has 3 atom stereocenters. The number of hydrogen-bond acceptors (Lipinski definition) is 2. The summed E-state index contributed by atoms with van der Waals surface area (Å²) in [5.74, 6) is 0. The van der Waals surface area contributed by atoms with Gasteiger partial charge in [0.2, 0.25) is 0 Å². The van der Waals surface area contributed by atoms with Gasteiger partial charge in [-0.3, -0.25) is 0 Å². The van der Waals surface area contributed by atoms with E-state index in [9.17, 15) is 5.11 Å². The molecular formula is C17H24ClNO. The first kappa shape index (κ1) is 14.4. The van der Waals surface area contributed by atoms with Gasteiger partial charge < -0.3 is 10.4 Å². The summed E-state index contributed by atoms with van der Waals surface area (Å²) in [7, 11) is 0. The number of hydrogen-bond donors (Lipinski definition) is 2. The van der Waals surface area contributed by atoms with Crippen molar-refractivity contribution in [2.24, 2.45) is 5.41 Å². The molecule has 20 heavy (non-hydrogen) atoms. The highest BCUT2D eigenvalue weighted by atomic mass is 35.5. The van der Waals surface area contributed by atoms with Gasteiger partial charge in [-0.1, -0.05) is 31.5 Å². The van der Waals surface area contributed by atoms with Gasteiger partial charge in [-0.15, -0.1) is 0 Å². The topological polar surface area (TPSA) is 32.3 Å². The van der Waals surface area contributed by atoms with Crippen molar-refractivity contribution in [2.75, 3.05) is 0 Å². The van der Waals surface area contributed by atoms with Gasteiger partial charge in [0.05, 0.1) is 6.10 Å². The number of rotatable bonds is 2. The molecule has 1 aromatic rings. The smallest absolute Gasteiger partial charge is 0.0555 e. The molecule has 0 bridgehead atoms. The third kappa shape index (κ3) is 2.74. The highest BCUT2D eigenvalue weighted by Gasteiger charge is 2.40. The normalized spacial score (nSPS) is 32.1. The Morgan fingerprint density at radius 2 is 2.10 bits per heavy atom. The molecule has 3 heteroatoms. The van der Waals surface area contributed by atoms with Crippen molar-refractivity contribution < 1.29 is 5.11 Å². The van der Waals surface area contributed by atoms with Crippen LogP contribution in [0.1, 0.15) is 56.7 Å². The summed E-state index contributed by atoms with van der Waals surface area (Å²) in [4.78, 5) is 0. The van der Waals surface area contributed by atoms with Gasteiger partial charge in [0.25, 0.3) is 0 Å². The minimum absolute atomic E-state index is 0.135. The Morgan fingerprint density at radius 1 is 1.30 bits per heavy atom. The maximum Gasteiger partial charge on any atom is 0.0555 e. The van der Waals surface area contributed by atoms with Crippen LogP contribution >= 0.6 is 11.6 Å². The van der Waals surface area contributed by atoms with Gasteiger partial charge in [-0.25, -0.2) is 0 Å². The van der Waals surface area contributed by atoms with Crippen molar-refractivity contribution in [3.8, 4) is 0 Å². The molecule has 0 aromatic heterocycles. The summed E-state index contributed by atoms with van der Waals surface area (Å²) < 4.78 is 0. The van der Waals surface area contributed by atoms with Gasteiger partial charge >= 0.3 is 0 Å². The number of aliphatic hydroxyl groups excluding tert-OH is 1. The van der Waals surface area contributed by atoms with E-state index in [2.05, 4.69) is 31.3 Å². The predicted molar refractivity (Wildman–Crippen MR) is 83.1 cm³/mol. The average molecular weight is 294 g/mol. The van der Waals surface area contributed by atoms with Crippen molar-refractivity contribution in [3.05, 3.63) is 34.3 Å². The van der Waals surface area contributed by atoms with E-state index < -0.39 is 0 Å². The zero-order valence-corrected chi connectivity index (χ0v) is 13.1. The molecule has 0 amide bonds. The van der Waals surface area contributed by atoms with Crippen LogP contribution in [0.25, 0.3) is 0 Å². The maximum absolute atomic E-state index is 9.86. The molecule has 2 aliphatic rings. The molecule has 0 spiro atoms. The summed E-state index contributed by atoms with van der Waals surface area (Å²) in [6.07, 6.45) is 5.07. The minimum Gasteiger partial charge on any atom is -0.393 e. The summed E-state index contributed by atoms with van der Waals surface area (Å²) >= 11 is 6.18. The predicted octanol–water partition coefficient (Wildman–Crippen LogP) is 3.86. The molecule has 0 radical (unpaired) electrons. The van der Waals surface area contributed by atoms with Crippen LogP contribution in [0.15, 0.2) is 18.2 Å². The minimum atomic E-state index is -0.135. The van der Waals surface area contributed by atoms with Gasteiger partial charge in [-0.2, -0.15) is 0 Å². The summed E-state index contributed by atoms with van der Waals surface area (Å²) in [6.45, 7) is 4.63. The SMILES string of the molecule is CC1(C)Cc2ccc(Cl)cc2C1NC1CCCC(O)C1. The van der Waals surface area contributed by atoms with Crippen LogP contribution in [0, 0.1) is 5.41 Å². The largest absolute Gasteiger partial charge is 0.393 e. The van der Waals surface area contributed by atoms with Crippen molar-refractivity contribution in [3.63, 3.8) is 0 Å². The van der Waals surface area contributed by atoms with Crippen LogP contribution in [0.4, 0.5) is 0 Å². The lowest BCUT2D eigenvalue weighted by Gasteiger charge is -2.35. The fourth-order valence-corrected chi connectivity index (χ4v) is 4.06. The Kier molecular flexibility index (Phi) is 3.83. The second kappa shape index (κ2) is 5.32. The van der Waals surface area contributed by atoms with Crippen LogP contribution in [-0.2, 0) is 6.42 Å². The number of nitrogens with one attached hydrogen (secondary N) is 1. The number of halogens is 1. The Hall–Kier alpha value is -0.570. The Labute approximate surface area is 126 Å². The summed E-state index contributed by atoms with van der Waals surface area (Å²) in [6, 6.07) is 7.03. The molecule has 2 nitrogen and oxygen atoms in total. The first-order chi connectivity index (χ1) is 9.45. The molecule has 2 N–H and O–H groups in total. The number of aliphatic hydroxyl groups is 1. The number of fused-ring (bicyclic) bond motifs is 1. The Bertz CT molecular complexity index is 500. The Balaban J connectivity index is 1.82. The lowest BCUT2D eigenvalue weighted by Crippen LogP contribution is -2.42. The quantitative estimate of drug-likeness (QED) is 0.868. The molecule has 2 aliphatic carbocycles. The van der Waals surface area contributed by atoms with Crippen LogP contribution in [0.2, 0.25) is 5.02 Å². The molecule has 0 heterocycles. The van der Waals surface area contributed by atoms with Gasteiger partial charge in [0, 0.05) is 17.1 Å². The lowest BCUT2D eigenvalue weighted by molar-refractivity contribution is 0.101. The van der Waals surface area contributed by atoms with Crippen molar-refractivity contribution in [1.29, 1.82) is 0 Å². The first-order valence-electron chi connectivity index (χ1n) is 7.68. The second-order valence-electron chi connectivity index (χ2n) is 7.13. The third-order valence-corrected chi connectivity index (χ3v) is 5.13. The zero-order chi connectivity index (χ0) is 14.3. The lowest BCUT2D eigenvalue weighted by atomic mass is 9.83. The standard InChI is InChI=1S/C17H24ClNO/c1-17(2)10-11-6-7-12(18)8-15(11)16(17)19-13-4-3-5-14(20)9-13/h6-8,13-14,16,19-20H,3-5,9-10H2,1-2H3. The molecule has 0 aliphatic heterocycles. The van der Waals surface area contributed by atoms with Gasteiger partial charge in [-0.05, 0) is 60.8 Å². The summed E-state index contributed by atoms with van der Waals surface area (Å²) in [5, 5.41) is 14.5. The van der Waals surface area contributed by atoms with Gasteiger partial charge in [0.15, 0.2) is 0 Å². The molecule has 3 rings (SSSR count). The first-order valence-corrected chi connectivity index (χ1v) is 8.06.